The summed E-state index contributed by atoms with van der Waals surface area (Å²) in [4.78, 5) is 11.6. The number of sulfone groups is 1. The number of halogens is 1. The summed E-state index contributed by atoms with van der Waals surface area (Å²) >= 11 is 3.34. The van der Waals surface area contributed by atoms with Crippen LogP contribution in [0.5, 0.6) is 0 Å². The molecule has 4 nitrogen and oxygen atoms in total. The molecule has 1 saturated heterocycles. The first-order valence-corrected chi connectivity index (χ1v) is 8.53. The molecule has 0 radical (unpaired) electrons. The van der Waals surface area contributed by atoms with E-state index in [0.717, 1.165) is 24.6 Å². The Morgan fingerprint density at radius 1 is 1.31 bits per heavy atom. The summed E-state index contributed by atoms with van der Waals surface area (Å²) in [7, 11) is -2.95. The standard InChI is InChI=1S/C10H18BrNO3S/c11-5-2-1-3-6-12-10(13)9-4-7-16(14,15)8-9/h9H,1-8H2,(H,12,13). The molecular weight excluding hydrogens is 294 g/mol. The van der Waals surface area contributed by atoms with Gasteiger partial charge in [-0.25, -0.2) is 8.42 Å². The second-order valence-electron chi connectivity index (χ2n) is 4.14. The normalized spacial score (nSPS) is 23.2. The first kappa shape index (κ1) is 14.0. The van der Waals surface area contributed by atoms with E-state index in [1.54, 1.807) is 0 Å². The van der Waals surface area contributed by atoms with Gasteiger partial charge in [0, 0.05) is 11.9 Å². The summed E-state index contributed by atoms with van der Waals surface area (Å²) < 4.78 is 22.4. The molecule has 1 unspecified atom stereocenters. The number of unbranched alkanes of at least 4 members (excludes halogenated alkanes) is 2. The summed E-state index contributed by atoms with van der Waals surface area (Å²) in [5, 5.41) is 3.79. The van der Waals surface area contributed by atoms with E-state index in [4.69, 9.17) is 0 Å². The molecule has 0 aliphatic carbocycles. The van der Waals surface area contributed by atoms with Gasteiger partial charge in [-0.05, 0) is 19.3 Å². The van der Waals surface area contributed by atoms with Crippen LogP contribution in [0.1, 0.15) is 25.7 Å². The van der Waals surface area contributed by atoms with E-state index in [1.807, 2.05) is 0 Å². The molecule has 16 heavy (non-hydrogen) atoms. The van der Waals surface area contributed by atoms with Gasteiger partial charge in [0.2, 0.25) is 5.91 Å². The summed E-state index contributed by atoms with van der Waals surface area (Å²) in [5.74, 6) is -0.226. The van der Waals surface area contributed by atoms with Gasteiger partial charge in [0.15, 0.2) is 9.84 Å². The summed E-state index contributed by atoms with van der Waals surface area (Å²) in [6.45, 7) is 0.655. The van der Waals surface area contributed by atoms with Crippen LogP contribution >= 0.6 is 15.9 Å². The molecule has 1 rings (SSSR count). The molecule has 0 spiro atoms. The lowest BCUT2D eigenvalue weighted by Crippen LogP contribution is -2.32. The molecule has 1 N–H and O–H groups in total. The SMILES string of the molecule is O=C(NCCCCCBr)C1CCS(=O)(=O)C1. The third-order valence-corrected chi connectivity index (χ3v) is 5.04. The highest BCUT2D eigenvalue weighted by atomic mass is 79.9. The number of hydrogen-bond acceptors (Lipinski definition) is 3. The van der Waals surface area contributed by atoms with Crippen molar-refractivity contribution in [3.8, 4) is 0 Å². The Kier molecular flexibility index (Phi) is 5.75. The maximum Gasteiger partial charge on any atom is 0.224 e. The molecule has 1 atom stereocenters. The Labute approximate surface area is 105 Å². The van der Waals surface area contributed by atoms with E-state index in [2.05, 4.69) is 21.2 Å². The summed E-state index contributed by atoms with van der Waals surface area (Å²) in [6.07, 6.45) is 3.62. The molecule has 1 aliphatic rings. The third kappa shape index (κ3) is 4.82. The van der Waals surface area contributed by atoms with Crippen LogP contribution in [0.4, 0.5) is 0 Å². The zero-order valence-corrected chi connectivity index (χ0v) is 11.6. The van der Waals surface area contributed by atoms with Gasteiger partial charge in [0.05, 0.1) is 17.4 Å². The predicted molar refractivity (Wildman–Crippen MR) is 67.4 cm³/mol. The van der Waals surface area contributed by atoms with Crippen LogP contribution in [-0.2, 0) is 14.6 Å². The number of amides is 1. The quantitative estimate of drug-likeness (QED) is 0.590. The minimum absolute atomic E-state index is 0.0280. The molecular formula is C10H18BrNO3S. The molecule has 94 valence electrons. The number of alkyl halides is 1. The second kappa shape index (κ2) is 6.59. The van der Waals surface area contributed by atoms with Crippen molar-refractivity contribution in [3.63, 3.8) is 0 Å². The fraction of sp³-hybridized carbons (Fsp3) is 0.900. The van der Waals surface area contributed by atoms with Crippen LogP contribution in [0, 0.1) is 5.92 Å². The van der Waals surface area contributed by atoms with E-state index in [0.29, 0.717) is 13.0 Å². The lowest BCUT2D eigenvalue weighted by molar-refractivity contribution is -0.124. The van der Waals surface area contributed by atoms with E-state index in [1.165, 1.54) is 0 Å². The third-order valence-electron chi connectivity index (χ3n) is 2.71. The lowest BCUT2D eigenvalue weighted by Gasteiger charge is -2.08. The predicted octanol–water partition coefficient (Wildman–Crippen LogP) is 1.10. The number of carbonyl (C=O) groups excluding carboxylic acids is 1. The fourth-order valence-corrected chi connectivity index (χ4v) is 3.89. The van der Waals surface area contributed by atoms with Gasteiger partial charge < -0.3 is 5.32 Å². The van der Waals surface area contributed by atoms with Crippen LogP contribution in [0.3, 0.4) is 0 Å². The molecule has 0 aromatic carbocycles. The van der Waals surface area contributed by atoms with Crippen molar-refractivity contribution in [3.05, 3.63) is 0 Å². The Hall–Kier alpha value is -0.100. The highest BCUT2D eigenvalue weighted by Gasteiger charge is 2.32. The van der Waals surface area contributed by atoms with Gasteiger partial charge in [0.25, 0.3) is 0 Å². The summed E-state index contributed by atoms with van der Waals surface area (Å²) in [5.41, 5.74) is 0. The fourth-order valence-electron chi connectivity index (χ4n) is 1.75. The van der Waals surface area contributed by atoms with Crippen molar-refractivity contribution < 1.29 is 13.2 Å². The van der Waals surface area contributed by atoms with Gasteiger partial charge in [-0.3, -0.25) is 4.79 Å². The van der Waals surface area contributed by atoms with Crippen molar-refractivity contribution in [1.82, 2.24) is 5.32 Å². The molecule has 0 aromatic heterocycles. The molecule has 1 aliphatic heterocycles. The van der Waals surface area contributed by atoms with Crippen LogP contribution in [0.15, 0.2) is 0 Å². The van der Waals surface area contributed by atoms with E-state index in [-0.39, 0.29) is 23.3 Å². The van der Waals surface area contributed by atoms with E-state index >= 15 is 0 Å². The first-order valence-electron chi connectivity index (χ1n) is 5.59. The average molecular weight is 312 g/mol. The van der Waals surface area contributed by atoms with Crippen LogP contribution in [-0.4, -0.2) is 37.7 Å². The highest BCUT2D eigenvalue weighted by Crippen LogP contribution is 2.18. The minimum atomic E-state index is -2.95. The van der Waals surface area contributed by atoms with Gasteiger partial charge in [-0.1, -0.05) is 22.4 Å². The van der Waals surface area contributed by atoms with E-state index < -0.39 is 9.84 Å². The highest BCUT2D eigenvalue weighted by molar-refractivity contribution is 9.09. The van der Waals surface area contributed by atoms with Gasteiger partial charge in [0.1, 0.15) is 0 Å². The first-order chi connectivity index (χ1) is 7.55. The van der Waals surface area contributed by atoms with Crippen LogP contribution in [0.2, 0.25) is 0 Å². The van der Waals surface area contributed by atoms with Gasteiger partial charge >= 0.3 is 0 Å². The average Bonchev–Trinajstić information content (AvgIpc) is 2.58. The van der Waals surface area contributed by atoms with Crippen LogP contribution < -0.4 is 5.32 Å². The Morgan fingerprint density at radius 3 is 2.62 bits per heavy atom. The zero-order valence-electron chi connectivity index (χ0n) is 9.25. The zero-order chi connectivity index (χ0) is 12.0. The van der Waals surface area contributed by atoms with E-state index in [9.17, 15) is 13.2 Å². The molecule has 1 fully saturated rings. The monoisotopic (exact) mass is 311 g/mol. The number of rotatable bonds is 6. The Morgan fingerprint density at radius 2 is 2.06 bits per heavy atom. The van der Waals surface area contributed by atoms with Crippen molar-refractivity contribution >= 4 is 31.7 Å². The van der Waals surface area contributed by atoms with Crippen molar-refractivity contribution in [2.75, 3.05) is 23.4 Å². The van der Waals surface area contributed by atoms with Crippen molar-refractivity contribution in [2.24, 2.45) is 5.92 Å². The number of carbonyl (C=O) groups is 1. The van der Waals surface area contributed by atoms with Crippen LogP contribution in [0.25, 0.3) is 0 Å². The maximum absolute atomic E-state index is 11.6. The molecule has 1 amide bonds. The Bertz CT molecular complexity index is 329. The molecule has 6 heteroatoms. The molecule has 0 bridgehead atoms. The lowest BCUT2D eigenvalue weighted by atomic mass is 10.1. The van der Waals surface area contributed by atoms with Crippen molar-refractivity contribution in [1.29, 1.82) is 0 Å². The minimum Gasteiger partial charge on any atom is -0.356 e. The van der Waals surface area contributed by atoms with Gasteiger partial charge in [-0.15, -0.1) is 0 Å². The smallest absolute Gasteiger partial charge is 0.224 e. The molecule has 1 heterocycles. The number of nitrogens with one attached hydrogen (secondary N) is 1. The molecule has 0 saturated carbocycles. The Balaban J connectivity index is 2.16. The topological polar surface area (TPSA) is 63.2 Å². The second-order valence-corrected chi connectivity index (χ2v) is 7.16. The van der Waals surface area contributed by atoms with Crippen molar-refractivity contribution in [2.45, 2.75) is 25.7 Å². The largest absolute Gasteiger partial charge is 0.356 e. The summed E-state index contributed by atoms with van der Waals surface area (Å²) in [6, 6.07) is 0. The maximum atomic E-state index is 11.6. The van der Waals surface area contributed by atoms with Gasteiger partial charge in [-0.2, -0.15) is 0 Å². The number of hydrogen-bond donors (Lipinski definition) is 1. The molecule has 0 aromatic rings.